The van der Waals surface area contributed by atoms with E-state index >= 15 is 0 Å². The first-order valence-corrected chi connectivity index (χ1v) is 5.03. The highest BCUT2D eigenvalue weighted by molar-refractivity contribution is 5.39. The molecule has 1 aromatic carbocycles. The van der Waals surface area contributed by atoms with Crippen molar-refractivity contribution in [3.63, 3.8) is 0 Å². The third-order valence-corrected chi connectivity index (χ3v) is 2.15. The lowest BCUT2D eigenvalue weighted by Crippen LogP contribution is -2.05. The van der Waals surface area contributed by atoms with Crippen LogP contribution < -0.4 is 4.74 Å². The Morgan fingerprint density at radius 3 is 2.31 bits per heavy atom. The molecular weight excluding hydrogens is 208 g/mol. The van der Waals surface area contributed by atoms with E-state index < -0.39 is 0 Å². The third-order valence-electron chi connectivity index (χ3n) is 2.15. The van der Waals surface area contributed by atoms with Crippen molar-refractivity contribution < 1.29 is 18.9 Å². The molecule has 4 heteroatoms. The van der Waals surface area contributed by atoms with Gasteiger partial charge in [0.1, 0.15) is 5.75 Å². The summed E-state index contributed by atoms with van der Waals surface area (Å²) in [6.07, 6.45) is 0. The lowest BCUT2D eigenvalue weighted by atomic mass is 10.1. The number of hydrogen-bond acceptors (Lipinski definition) is 4. The maximum atomic E-state index is 5.47. The summed E-state index contributed by atoms with van der Waals surface area (Å²) in [4.78, 5) is 0. The molecule has 0 aliphatic rings. The molecule has 0 saturated carbocycles. The van der Waals surface area contributed by atoms with Crippen LogP contribution >= 0.6 is 0 Å². The Morgan fingerprint density at radius 2 is 1.69 bits per heavy atom. The lowest BCUT2D eigenvalue weighted by molar-refractivity contribution is 0.0485. The second-order valence-electron chi connectivity index (χ2n) is 3.31. The molecule has 1 rings (SSSR count). The van der Waals surface area contributed by atoms with Crippen LogP contribution in [0.1, 0.15) is 11.1 Å². The van der Waals surface area contributed by atoms with Crippen molar-refractivity contribution in [3.05, 3.63) is 29.3 Å². The molecule has 0 aliphatic carbocycles. The zero-order chi connectivity index (χ0) is 11.8. The van der Waals surface area contributed by atoms with E-state index in [-0.39, 0.29) is 6.79 Å². The number of rotatable bonds is 7. The van der Waals surface area contributed by atoms with Crippen molar-refractivity contribution in [1.82, 2.24) is 0 Å². The lowest BCUT2D eigenvalue weighted by Gasteiger charge is -2.14. The molecular formula is C12H18O4. The van der Waals surface area contributed by atoms with Crippen LogP contribution in [0.5, 0.6) is 5.75 Å². The molecule has 90 valence electrons. The first kappa shape index (κ1) is 13.0. The molecule has 0 amide bonds. The molecule has 0 aromatic heterocycles. The van der Waals surface area contributed by atoms with Gasteiger partial charge in [0.2, 0.25) is 0 Å². The average Bonchev–Trinajstić information content (AvgIpc) is 2.30. The summed E-state index contributed by atoms with van der Waals surface area (Å²) >= 11 is 0. The molecule has 0 saturated heterocycles. The molecule has 0 N–H and O–H groups in total. The number of hydrogen-bond donors (Lipinski definition) is 0. The van der Waals surface area contributed by atoms with Crippen LogP contribution in [0, 0.1) is 0 Å². The first-order valence-electron chi connectivity index (χ1n) is 5.03. The largest absolute Gasteiger partial charge is 0.467 e. The van der Waals surface area contributed by atoms with Gasteiger partial charge in [0, 0.05) is 26.9 Å². The van der Waals surface area contributed by atoms with Crippen LogP contribution in [-0.2, 0) is 27.4 Å². The monoisotopic (exact) mass is 226 g/mol. The molecule has 1 aromatic rings. The zero-order valence-corrected chi connectivity index (χ0v) is 9.99. The van der Waals surface area contributed by atoms with Gasteiger partial charge in [-0.15, -0.1) is 0 Å². The second kappa shape index (κ2) is 7.22. The van der Waals surface area contributed by atoms with Gasteiger partial charge in [0.25, 0.3) is 0 Å². The number of benzene rings is 1. The molecule has 0 radical (unpaired) electrons. The molecule has 4 nitrogen and oxygen atoms in total. The van der Waals surface area contributed by atoms with E-state index in [0.717, 1.165) is 16.9 Å². The normalized spacial score (nSPS) is 10.4. The Labute approximate surface area is 96.1 Å². The van der Waals surface area contributed by atoms with Gasteiger partial charge in [-0.2, -0.15) is 0 Å². The fourth-order valence-electron chi connectivity index (χ4n) is 1.47. The summed E-state index contributed by atoms with van der Waals surface area (Å²) in [5.74, 6) is 0.776. The second-order valence-corrected chi connectivity index (χ2v) is 3.31. The van der Waals surface area contributed by atoms with Crippen molar-refractivity contribution in [2.75, 3.05) is 28.1 Å². The van der Waals surface area contributed by atoms with Crippen LogP contribution in [0.15, 0.2) is 18.2 Å². The Kier molecular flexibility index (Phi) is 5.85. The van der Waals surface area contributed by atoms with Crippen molar-refractivity contribution in [2.45, 2.75) is 13.2 Å². The standard InChI is InChI=1S/C12H18O4/c1-13-7-10-5-4-6-12(16-9-15-3)11(10)8-14-2/h4-6H,7-9H2,1-3H3. The molecule has 0 unspecified atom stereocenters. The van der Waals surface area contributed by atoms with E-state index in [1.807, 2.05) is 18.2 Å². The molecule has 0 spiro atoms. The zero-order valence-electron chi connectivity index (χ0n) is 9.99. The maximum Gasteiger partial charge on any atom is 0.188 e. The first-order chi connectivity index (χ1) is 7.83. The molecule has 0 fully saturated rings. The van der Waals surface area contributed by atoms with Crippen LogP contribution in [0.25, 0.3) is 0 Å². The highest BCUT2D eigenvalue weighted by atomic mass is 16.7. The van der Waals surface area contributed by atoms with Gasteiger partial charge in [-0.05, 0) is 11.6 Å². The minimum atomic E-state index is 0.229. The third kappa shape index (κ3) is 3.48. The highest BCUT2D eigenvalue weighted by Gasteiger charge is 2.09. The van der Waals surface area contributed by atoms with Crippen LogP contribution in [0.3, 0.4) is 0 Å². The van der Waals surface area contributed by atoms with Gasteiger partial charge >= 0.3 is 0 Å². The Morgan fingerprint density at radius 1 is 0.938 bits per heavy atom. The predicted molar refractivity (Wildman–Crippen MR) is 60.4 cm³/mol. The van der Waals surface area contributed by atoms with Gasteiger partial charge in [0.05, 0.1) is 13.2 Å². The van der Waals surface area contributed by atoms with E-state index in [1.165, 1.54) is 0 Å². The van der Waals surface area contributed by atoms with E-state index in [4.69, 9.17) is 18.9 Å². The minimum Gasteiger partial charge on any atom is -0.467 e. The quantitative estimate of drug-likeness (QED) is 0.666. The predicted octanol–water partition coefficient (Wildman–Crippen LogP) is 1.96. The minimum absolute atomic E-state index is 0.229. The molecule has 16 heavy (non-hydrogen) atoms. The van der Waals surface area contributed by atoms with Crippen molar-refractivity contribution in [1.29, 1.82) is 0 Å². The number of methoxy groups -OCH3 is 3. The fourth-order valence-corrected chi connectivity index (χ4v) is 1.47. The van der Waals surface area contributed by atoms with Gasteiger partial charge < -0.3 is 18.9 Å². The molecule has 0 aliphatic heterocycles. The summed E-state index contributed by atoms with van der Waals surface area (Å²) in [6, 6.07) is 5.82. The van der Waals surface area contributed by atoms with E-state index in [9.17, 15) is 0 Å². The Bertz CT molecular complexity index is 312. The summed E-state index contributed by atoms with van der Waals surface area (Å²) < 4.78 is 20.6. The van der Waals surface area contributed by atoms with Gasteiger partial charge in [-0.3, -0.25) is 0 Å². The van der Waals surface area contributed by atoms with Gasteiger partial charge in [0.15, 0.2) is 6.79 Å². The van der Waals surface area contributed by atoms with Crippen molar-refractivity contribution in [2.24, 2.45) is 0 Å². The Balaban J connectivity index is 2.90. The SMILES string of the molecule is COCOc1cccc(COC)c1COC. The smallest absolute Gasteiger partial charge is 0.188 e. The summed E-state index contributed by atoms with van der Waals surface area (Å²) in [6.45, 7) is 1.27. The molecule has 0 atom stereocenters. The molecule has 0 bridgehead atoms. The summed E-state index contributed by atoms with van der Waals surface area (Å²) in [5.41, 5.74) is 2.07. The topological polar surface area (TPSA) is 36.9 Å². The van der Waals surface area contributed by atoms with Gasteiger partial charge in [-0.1, -0.05) is 12.1 Å². The van der Waals surface area contributed by atoms with E-state index in [2.05, 4.69) is 0 Å². The average molecular weight is 226 g/mol. The van der Waals surface area contributed by atoms with Crippen molar-refractivity contribution >= 4 is 0 Å². The van der Waals surface area contributed by atoms with Crippen LogP contribution in [0.2, 0.25) is 0 Å². The highest BCUT2D eigenvalue weighted by Crippen LogP contribution is 2.24. The van der Waals surface area contributed by atoms with Gasteiger partial charge in [-0.25, -0.2) is 0 Å². The van der Waals surface area contributed by atoms with Crippen LogP contribution in [-0.4, -0.2) is 28.1 Å². The number of ether oxygens (including phenoxy) is 4. The van der Waals surface area contributed by atoms with Crippen LogP contribution in [0.4, 0.5) is 0 Å². The Hall–Kier alpha value is -1.10. The fraction of sp³-hybridized carbons (Fsp3) is 0.500. The van der Waals surface area contributed by atoms with E-state index in [0.29, 0.717) is 13.2 Å². The van der Waals surface area contributed by atoms with E-state index in [1.54, 1.807) is 21.3 Å². The maximum absolute atomic E-state index is 5.47. The molecule has 0 heterocycles. The summed E-state index contributed by atoms with van der Waals surface area (Å²) in [5, 5.41) is 0. The summed E-state index contributed by atoms with van der Waals surface area (Å²) in [7, 11) is 4.91. The van der Waals surface area contributed by atoms with Crippen molar-refractivity contribution in [3.8, 4) is 5.75 Å².